The molecule has 0 aliphatic heterocycles. The summed E-state index contributed by atoms with van der Waals surface area (Å²) in [6.07, 6.45) is 1.55. The molecular formula is C14H22N2O2. The van der Waals surface area contributed by atoms with Crippen molar-refractivity contribution in [3.63, 3.8) is 0 Å². The SMILES string of the molecule is CNC(C)(C)C(=O)Nc1cccc(CCCO)c1. The van der Waals surface area contributed by atoms with Crippen LogP contribution in [0.1, 0.15) is 25.8 Å². The average molecular weight is 250 g/mol. The van der Waals surface area contributed by atoms with E-state index in [0.717, 1.165) is 24.1 Å². The van der Waals surface area contributed by atoms with E-state index in [1.54, 1.807) is 7.05 Å². The van der Waals surface area contributed by atoms with Crippen LogP contribution in [-0.2, 0) is 11.2 Å². The fourth-order valence-electron chi connectivity index (χ4n) is 1.49. The highest BCUT2D eigenvalue weighted by atomic mass is 16.2. The lowest BCUT2D eigenvalue weighted by Crippen LogP contribution is -2.47. The van der Waals surface area contributed by atoms with Crippen molar-refractivity contribution < 1.29 is 9.90 Å². The van der Waals surface area contributed by atoms with Gasteiger partial charge < -0.3 is 15.7 Å². The summed E-state index contributed by atoms with van der Waals surface area (Å²) < 4.78 is 0. The molecule has 1 rings (SSSR count). The molecule has 0 fully saturated rings. The molecule has 0 aliphatic carbocycles. The van der Waals surface area contributed by atoms with Crippen molar-refractivity contribution in [2.24, 2.45) is 0 Å². The third-order valence-corrected chi connectivity index (χ3v) is 3.00. The summed E-state index contributed by atoms with van der Waals surface area (Å²) in [4.78, 5) is 12.0. The molecule has 0 atom stereocenters. The number of aliphatic hydroxyl groups excluding tert-OH is 1. The normalized spacial score (nSPS) is 11.3. The van der Waals surface area contributed by atoms with E-state index in [-0.39, 0.29) is 12.5 Å². The minimum Gasteiger partial charge on any atom is -0.396 e. The first kappa shape index (κ1) is 14.7. The monoisotopic (exact) mass is 250 g/mol. The molecule has 0 radical (unpaired) electrons. The first-order valence-corrected chi connectivity index (χ1v) is 6.20. The van der Waals surface area contributed by atoms with Gasteiger partial charge in [-0.2, -0.15) is 0 Å². The molecule has 0 aromatic heterocycles. The van der Waals surface area contributed by atoms with E-state index in [4.69, 9.17) is 5.11 Å². The van der Waals surface area contributed by atoms with Crippen LogP contribution in [0.25, 0.3) is 0 Å². The summed E-state index contributed by atoms with van der Waals surface area (Å²) in [6, 6.07) is 7.72. The summed E-state index contributed by atoms with van der Waals surface area (Å²) in [7, 11) is 1.76. The van der Waals surface area contributed by atoms with Gasteiger partial charge in [0.1, 0.15) is 0 Å². The van der Waals surface area contributed by atoms with Gasteiger partial charge in [-0.3, -0.25) is 4.79 Å². The Morgan fingerprint density at radius 2 is 2.11 bits per heavy atom. The lowest BCUT2D eigenvalue weighted by Gasteiger charge is -2.22. The number of carbonyl (C=O) groups excluding carboxylic acids is 1. The second-order valence-electron chi connectivity index (χ2n) is 4.86. The van der Waals surface area contributed by atoms with E-state index in [1.165, 1.54) is 0 Å². The van der Waals surface area contributed by atoms with Crippen LogP contribution in [0.5, 0.6) is 0 Å². The fourth-order valence-corrected chi connectivity index (χ4v) is 1.49. The highest BCUT2D eigenvalue weighted by molar-refractivity contribution is 5.97. The highest BCUT2D eigenvalue weighted by Crippen LogP contribution is 2.14. The minimum absolute atomic E-state index is 0.0655. The molecule has 1 aromatic rings. The van der Waals surface area contributed by atoms with Gasteiger partial charge in [-0.25, -0.2) is 0 Å². The Morgan fingerprint density at radius 3 is 2.72 bits per heavy atom. The van der Waals surface area contributed by atoms with Gasteiger partial charge in [0, 0.05) is 12.3 Å². The van der Waals surface area contributed by atoms with Crippen LogP contribution in [0.2, 0.25) is 0 Å². The molecule has 0 spiro atoms. The van der Waals surface area contributed by atoms with Crippen LogP contribution in [0, 0.1) is 0 Å². The van der Waals surface area contributed by atoms with Crippen LogP contribution in [0.15, 0.2) is 24.3 Å². The van der Waals surface area contributed by atoms with Gasteiger partial charge in [-0.1, -0.05) is 12.1 Å². The van der Waals surface area contributed by atoms with Gasteiger partial charge in [0.05, 0.1) is 5.54 Å². The molecule has 4 heteroatoms. The minimum atomic E-state index is -0.596. The van der Waals surface area contributed by atoms with Crippen molar-refractivity contribution in [1.82, 2.24) is 5.32 Å². The number of rotatable bonds is 6. The Morgan fingerprint density at radius 1 is 1.39 bits per heavy atom. The summed E-state index contributed by atoms with van der Waals surface area (Å²) in [5.41, 5.74) is 1.31. The Balaban J connectivity index is 2.70. The van der Waals surface area contributed by atoms with Crippen LogP contribution < -0.4 is 10.6 Å². The second-order valence-corrected chi connectivity index (χ2v) is 4.86. The van der Waals surface area contributed by atoms with Gasteiger partial charge in [-0.15, -0.1) is 0 Å². The van der Waals surface area contributed by atoms with Crippen molar-refractivity contribution in [2.75, 3.05) is 19.0 Å². The number of aliphatic hydroxyl groups is 1. The number of likely N-dealkylation sites (N-methyl/N-ethyl adjacent to an activating group) is 1. The zero-order valence-corrected chi connectivity index (χ0v) is 11.3. The summed E-state index contributed by atoms with van der Waals surface area (Å²) >= 11 is 0. The lowest BCUT2D eigenvalue weighted by atomic mass is 10.0. The standard InChI is InChI=1S/C14H22N2O2/c1-14(2,15-3)13(18)16-12-8-4-6-11(10-12)7-5-9-17/h4,6,8,10,15,17H,5,7,9H2,1-3H3,(H,16,18). The van der Waals surface area contributed by atoms with Crippen LogP contribution >= 0.6 is 0 Å². The van der Waals surface area contributed by atoms with Gasteiger partial charge in [-0.05, 0) is 51.4 Å². The number of hydrogen-bond acceptors (Lipinski definition) is 3. The molecule has 0 saturated heterocycles. The van der Waals surface area contributed by atoms with E-state index >= 15 is 0 Å². The van der Waals surface area contributed by atoms with Crippen molar-refractivity contribution in [3.8, 4) is 0 Å². The van der Waals surface area contributed by atoms with Gasteiger partial charge in [0.2, 0.25) is 5.91 Å². The molecule has 4 nitrogen and oxygen atoms in total. The lowest BCUT2D eigenvalue weighted by molar-refractivity contribution is -0.121. The maximum Gasteiger partial charge on any atom is 0.244 e. The molecule has 0 bridgehead atoms. The summed E-state index contributed by atoms with van der Waals surface area (Å²) in [5, 5.41) is 14.7. The van der Waals surface area contributed by atoms with Crippen LogP contribution in [0.4, 0.5) is 5.69 Å². The molecule has 3 N–H and O–H groups in total. The number of nitrogens with one attached hydrogen (secondary N) is 2. The van der Waals surface area contributed by atoms with Gasteiger partial charge >= 0.3 is 0 Å². The topological polar surface area (TPSA) is 61.4 Å². The first-order chi connectivity index (χ1) is 8.49. The van der Waals surface area contributed by atoms with Gasteiger partial charge in [0.15, 0.2) is 0 Å². The third-order valence-electron chi connectivity index (χ3n) is 3.00. The van der Waals surface area contributed by atoms with Gasteiger partial charge in [0.25, 0.3) is 0 Å². The number of carbonyl (C=O) groups is 1. The van der Waals surface area contributed by atoms with Crippen LogP contribution in [-0.4, -0.2) is 30.2 Å². The number of hydrogen-bond donors (Lipinski definition) is 3. The van der Waals surface area contributed by atoms with E-state index < -0.39 is 5.54 Å². The first-order valence-electron chi connectivity index (χ1n) is 6.20. The van der Waals surface area contributed by atoms with Crippen molar-refractivity contribution in [2.45, 2.75) is 32.2 Å². The fraction of sp³-hybridized carbons (Fsp3) is 0.500. The van der Waals surface area contributed by atoms with E-state index in [2.05, 4.69) is 10.6 Å². The Bertz CT molecular complexity index is 403. The maximum atomic E-state index is 12.0. The smallest absolute Gasteiger partial charge is 0.244 e. The Labute approximate surface area is 108 Å². The molecule has 0 unspecified atom stereocenters. The molecule has 18 heavy (non-hydrogen) atoms. The quantitative estimate of drug-likeness (QED) is 0.718. The van der Waals surface area contributed by atoms with Crippen molar-refractivity contribution >= 4 is 11.6 Å². The summed E-state index contributed by atoms with van der Waals surface area (Å²) in [6.45, 7) is 3.85. The van der Waals surface area contributed by atoms with E-state index in [9.17, 15) is 4.79 Å². The predicted molar refractivity (Wildman–Crippen MR) is 73.6 cm³/mol. The molecule has 0 aliphatic rings. The predicted octanol–water partition coefficient (Wildman–Crippen LogP) is 1.55. The van der Waals surface area contributed by atoms with E-state index in [1.807, 2.05) is 38.1 Å². The maximum absolute atomic E-state index is 12.0. The molecular weight excluding hydrogens is 228 g/mol. The number of amides is 1. The number of aryl methyl sites for hydroxylation is 1. The molecule has 1 amide bonds. The second kappa shape index (κ2) is 6.52. The number of anilines is 1. The molecule has 0 saturated carbocycles. The molecule has 1 aromatic carbocycles. The van der Waals surface area contributed by atoms with Crippen molar-refractivity contribution in [1.29, 1.82) is 0 Å². The summed E-state index contributed by atoms with van der Waals surface area (Å²) in [5.74, 6) is -0.0655. The number of benzene rings is 1. The molecule has 0 heterocycles. The Hall–Kier alpha value is -1.39. The molecule has 100 valence electrons. The zero-order chi connectivity index (χ0) is 13.6. The largest absolute Gasteiger partial charge is 0.396 e. The highest BCUT2D eigenvalue weighted by Gasteiger charge is 2.24. The van der Waals surface area contributed by atoms with E-state index in [0.29, 0.717) is 0 Å². The van der Waals surface area contributed by atoms with Crippen LogP contribution in [0.3, 0.4) is 0 Å². The van der Waals surface area contributed by atoms with Crippen molar-refractivity contribution in [3.05, 3.63) is 29.8 Å². The third kappa shape index (κ3) is 4.13. The average Bonchev–Trinajstić information content (AvgIpc) is 2.36. The Kier molecular flexibility index (Phi) is 5.31. The zero-order valence-electron chi connectivity index (χ0n) is 11.3.